The molecular weight excluding hydrogens is 558 g/mol. The number of amides is 2. The number of carbonyl (C=O) groups excluding carboxylic acids is 1. The number of hydrogen-bond acceptors (Lipinski definition) is 5. The van der Waals surface area contributed by atoms with Crippen LogP contribution in [-0.4, -0.2) is 46.2 Å². The molecule has 0 aliphatic heterocycles. The Kier molecular flexibility index (Phi) is 9.10. The van der Waals surface area contributed by atoms with E-state index in [2.05, 4.69) is 16.4 Å². The smallest absolute Gasteiger partial charge is 0.404 e. The Bertz CT molecular complexity index is 1530. The third-order valence-electron chi connectivity index (χ3n) is 7.73. The van der Waals surface area contributed by atoms with E-state index in [4.69, 9.17) is 21.4 Å². The van der Waals surface area contributed by atoms with Gasteiger partial charge in [0, 0.05) is 52.2 Å². The quantitative estimate of drug-likeness (QED) is 0.207. The monoisotopic (exact) mass is 591 g/mol. The highest BCUT2D eigenvalue weighted by Crippen LogP contribution is 2.39. The van der Waals surface area contributed by atoms with Crippen LogP contribution in [0.5, 0.6) is 5.75 Å². The van der Waals surface area contributed by atoms with E-state index >= 15 is 0 Å². The summed E-state index contributed by atoms with van der Waals surface area (Å²) in [7, 11) is 0. The molecule has 2 aromatic heterocycles. The molecule has 1 saturated carbocycles. The van der Waals surface area contributed by atoms with Gasteiger partial charge in [-0.1, -0.05) is 41.9 Å². The van der Waals surface area contributed by atoms with Gasteiger partial charge in [-0.15, -0.1) is 11.3 Å². The van der Waals surface area contributed by atoms with Crippen LogP contribution in [0.15, 0.2) is 60.8 Å². The molecule has 1 aliphatic carbocycles. The third kappa shape index (κ3) is 6.66. The number of carbonyl (C=O) groups is 2. The van der Waals surface area contributed by atoms with Crippen molar-refractivity contribution in [2.24, 2.45) is 5.92 Å². The topological polar surface area (TPSA) is 91.8 Å². The number of aryl methyl sites for hydroxylation is 1. The summed E-state index contributed by atoms with van der Waals surface area (Å²) in [6, 6.07) is 17.9. The van der Waals surface area contributed by atoms with Crippen LogP contribution in [0.25, 0.3) is 21.2 Å². The maximum atomic E-state index is 14.3. The number of benzene rings is 2. The van der Waals surface area contributed by atoms with Gasteiger partial charge in [0.05, 0.1) is 11.6 Å². The molecule has 2 amide bonds. The molecular formula is C32H34ClN3O4S. The molecule has 0 saturated heterocycles. The molecule has 0 bridgehead atoms. The molecule has 2 heterocycles. The van der Waals surface area contributed by atoms with Crippen molar-refractivity contribution in [3.63, 3.8) is 0 Å². The summed E-state index contributed by atoms with van der Waals surface area (Å²) in [4.78, 5) is 32.3. The van der Waals surface area contributed by atoms with Crippen LogP contribution >= 0.6 is 22.9 Å². The Balaban J connectivity index is 1.49. The number of aromatic nitrogens is 1. The number of hydrogen-bond donors (Lipinski definition) is 2. The van der Waals surface area contributed by atoms with E-state index in [1.807, 2.05) is 73.5 Å². The van der Waals surface area contributed by atoms with Crippen LogP contribution in [0.2, 0.25) is 5.02 Å². The van der Waals surface area contributed by atoms with Crippen molar-refractivity contribution in [1.29, 1.82) is 0 Å². The van der Waals surface area contributed by atoms with Crippen LogP contribution < -0.4 is 10.1 Å². The van der Waals surface area contributed by atoms with Gasteiger partial charge in [0.15, 0.2) is 0 Å². The standard InChI is InChI=1S/C32H34ClN3O4S/c1-3-40-27-15-12-22(23-11-8-20(2)34-18-23)16-24(27)19-36(25-13-9-21(10-14-25)17-35-32(38)39)31(37)30-29(33)26-6-4-5-7-28(26)41-30/h4-8,11-12,15-16,18,21,25,35H,3,9-10,13-14,17,19H2,1-2H3,(H,38,39). The summed E-state index contributed by atoms with van der Waals surface area (Å²) in [5.74, 6) is 0.910. The minimum Gasteiger partial charge on any atom is -0.494 e. The number of nitrogens with one attached hydrogen (secondary N) is 1. The van der Waals surface area contributed by atoms with E-state index in [1.165, 1.54) is 11.3 Å². The lowest BCUT2D eigenvalue weighted by Crippen LogP contribution is -2.43. The molecule has 5 rings (SSSR count). The van der Waals surface area contributed by atoms with Gasteiger partial charge in [-0.05, 0) is 75.3 Å². The van der Waals surface area contributed by atoms with Crippen molar-refractivity contribution in [3.05, 3.63) is 82.0 Å². The Morgan fingerprint density at radius 2 is 1.85 bits per heavy atom. The summed E-state index contributed by atoms with van der Waals surface area (Å²) in [5, 5.41) is 12.9. The van der Waals surface area contributed by atoms with E-state index in [1.54, 1.807) is 0 Å². The van der Waals surface area contributed by atoms with Crippen molar-refractivity contribution >= 4 is 45.0 Å². The lowest BCUT2D eigenvalue weighted by molar-refractivity contribution is 0.0592. The van der Waals surface area contributed by atoms with Crippen molar-refractivity contribution in [2.75, 3.05) is 13.2 Å². The first-order chi connectivity index (χ1) is 19.8. The average Bonchev–Trinajstić information content (AvgIpc) is 3.32. The predicted molar refractivity (Wildman–Crippen MR) is 164 cm³/mol. The normalized spacial score (nSPS) is 16.9. The first-order valence-electron chi connectivity index (χ1n) is 14.0. The molecule has 4 aromatic rings. The fourth-order valence-corrected chi connectivity index (χ4v) is 7.01. The van der Waals surface area contributed by atoms with Crippen LogP contribution in [-0.2, 0) is 6.54 Å². The minimum atomic E-state index is -1.00. The van der Waals surface area contributed by atoms with Crippen molar-refractivity contribution in [3.8, 4) is 16.9 Å². The SMILES string of the molecule is CCOc1ccc(-c2ccc(C)nc2)cc1CN(C(=O)c1sc2ccccc2c1Cl)C1CCC(CNC(=O)O)CC1. The molecule has 0 radical (unpaired) electrons. The zero-order valence-corrected chi connectivity index (χ0v) is 24.8. The van der Waals surface area contributed by atoms with Crippen LogP contribution in [0.3, 0.4) is 0 Å². The summed E-state index contributed by atoms with van der Waals surface area (Å²) in [6.07, 6.45) is 4.10. The zero-order chi connectivity index (χ0) is 28.9. The second-order valence-corrected chi connectivity index (χ2v) is 11.9. The number of fused-ring (bicyclic) bond motifs is 1. The summed E-state index contributed by atoms with van der Waals surface area (Å²) >= 11 is 8.22. The molecule has 0 unspecified atom stereocenters. The van der Waals surface area contributed by atoms with Gasteiger partial charge in [-0.25, -0.2) is 4.79 Å². The molecule has 2 aromatic carbocycles. The minimum absolute atomic E-state index is 0.0102. The van der Waals surface area contributed by atoms with Crippen molar-refractivity contribution in [1.82, 2.24) is 15.2 Å². The highest BCUT2D eigenvalue weighted by atomic mass is 35.5. The second-order valence-electron chi connectivity index (χ2n) is 10.5. The lowest BCUT2D eigenvalue weighted by Gasteiger charge is -2.37. The van der Waals surface area contributed by atoms with Crippen LogP contribution in [0.1, 0.15) is 53.5 Å². The molecule has 7 nitrogen and oxygen atoms in total. The number of ether oxygens (including phenoxy) is 1. The summed E-state index contributed by atoms with van der Waals surface area (Å²) in [5.41, 5.74) is 3.87. The molecule has 214 valence electrons. The summed E-state index contributed by atoms with van der Waals surface area (Å²) < 4.78 is 7.00. The maximum Gasteiger partial charge on any atom is 0.404 e. The van der Waals surface area contributed by atoms with Gasteiger partial charge in [-0.3, -0.25) is 9.78 Å². The fourth-order valence-electron chi connectivity index (χ4n) is 5.54. The van der Waals surface area contributed by atoms with Crippen LogP contribution in [0, 0.1) is 12.8 Å². The van der Waals surface area contributed by atoms with Gasteiger partial charge in [0.25, 0.3) is 5.91 Å². The molecule has 1 fully saturated rings. The fraction of sp³-hybridized carbons (Fsp3) is 0.344. The first kappa shape index (κ1) is 28.9. The highest BCUT2D eigenvalue weighted by Gasteiger charge is 2.32. The maximum absolute atomic E-state index is 14.3. The Labute approximate surface area is 249 Å². The number of carboxylic acid groups (broad SMARTS) is 1. The third-order valence-corrected chi connectivity index (χ3v) is 9.40. The Morgan fingerprint density at radius 1 is 1.10 bits per heavy atom. The number of thiophene rings is 1. The van der Waals surface area contributed by atoms with Gasteiger partial charge in [-0.2, -0.15) is 0 Å². The van der Waals surface area contributed by atoms with Gasteiger partial charge in [0.2, 0.25) is 0 Å². The number of nitrogens with zero attached hydrogens (tertiary/aromatic N) is 2. The molecule has 1 aliphatic rings. The van der Waals surface area contributed by atoms with Gasteiger partial charge in [0.1, 0.15) is 10.6 Å². The zero-order valence-electron chi connectivity index (χ0n) is 23.2. The molecule has 0 atom stereocenters. The number of pyridine rings is 1. The van der Waals surface area contributed by atoms with E-state index in [0.717, 1.165) is 63.9 Å². The molecule has 2 N–H and O–H groups in total. The molecule has 9 heteroatoms. The average molecular weight is 592 g/mol. The molecule has 0 spiro atoms. The van der Waals surface area contributed by atoms with Gasteiger partial charge < -0.3 is 20.1 Å². The Hall–Kier alpha value is -3.62. The van der Waals surface area contributed by atoms with Crippen molar-refractivity contribution in [2.45, 2.75) is 52.1 Å². The van der Waals surface area contributed by atoms with E-state index < -0.39 is 6.09 Å². The van der Waals surface area contributed by atoms with E-state index in [-0.39, 0.29) is 17.9 Å². The van der Waals surface area contributed by atoms with E-state index in [9.17, 15) is 9.59 Å². The first-order valence-corrected chi connectivity index (χ1v) is 15.2. The van der Waals surface area contributed by atoms with Crippen LogP contribution in [0.4, 0.5) is 4.79 Å². The predicted octanol–water partition coefficient (Wildman–Crippen LogP) is 7.79. The lowest BCUT2D eigenvalue weighted by atomic mass is 9.85. The molecule has 41 heavy (non-hydrogen) atoms. The summed E-state index contributed by atoms with van der Waals surface area (Å²) in [6.45, 7) is 5.22. The second kappa shape index (κ2) is 12.9. The largest absolute Gasteiger partial charge is 0.494 e. The van der Waals surface area contributed by atoms with E-state index in [0.29, 0.717) is 29.6 Å². The highest BCUT2D eigenvalue weighted by molar-refractivity contribution is 7.21. The van der Waals surface area contributed by atoms with Gasteiger partial charge >= 0.3 is 6.09 Å². The van der Waals surface area contributed by atoms with Crippen molar-refractivity contribution < 1.29 is 19.4 Å². The number of halogens is 1. The Morgan fingerprint density at radius 3 is 2.54 bits per heavy atom. The number of rotatable bonds is 9.